The highest BCUT2D eigenvalue weighted by Crippen LogP contribution is 2.29. The lowest BCUT2D eigenvalue weighted by molar-refractivity contribution is 0.419. The van der Waals surface area contributed by atoms with Crippen molar-refractivity contribution in [2.45, 2.75) is 12.8 Å². The molecule has 0 aliphatic carbocycles. The molecule has 0 bridgehead atoms. The van der Waals surface area contributed by atoms with Gasteiger partial charge in [0.2, 0.25) is 0 Å². The fraction of sp³-hybridized carbons (Fsp3) is 0.238. The van der Waals surface area contributed by atoms with Crippen molar-refractivity contribution in [3.05, 3.63) is 71.8 Å². The molecule has 3 rings (SSSR count). The minimum absolute atomic E-state index is 0.944. The van der Waals surface area contributed by atoms with Crippen LogP contribution in [0.5, 0.6) is 5.75 Å². The Hall–Kier alpha value is -2.48. The summed E-state index contributed by atoms with van der Waals surface area (Å²) in [4.78, 5) is 2.13. The van der Waals surface area contributed by atoms with Gasteiger partial charge in [-0.05, 0) is 47.6 Å². The monoisotopic (exact) mass is 305 g/mol. The van der Waals surface area contributed by atoms with Gasteiger partial charge in [-0.25, -0.2) is 0 Å². The normalized spacial score (nSPS) is 10.7. The molecule has 0 aromatic heterocycles. The lowest BCUT2D eigenvalue weighted by atomic mass is 9.98. The Balaban J connectivity index is 1.82. The fourth-order valence-corrected chi connectivity index (χ4v) is 2.97. The maximum atomic E-state index is 5.48. The summed E-state index contributed by atoms with van der Waals surface area (Å²) in [7, 11) is 5.87. The lowest BCUT2D eigenvalue weighted by Crippen LogP contribution is -2.08. The highest BCUT2D eigenvalue weighted by molar-refractivity contribution is 5.91. The summed E-state index contributed by atoms with van der Waals surface area (Å²) in [5.41, 5.74) is 3.98. The van der Waals surface area contributed by atoms with E-state index in [0.717, 1.165) is 18.6 Å². The molecule has 0 fully saturated rings. The molecule has 2 heteroatoms. The molecule has 0 atom stereocenters. The third-order valence-electron chi connectivity index (χ3n) is 4.33. The molecular formula is C21H23NO. The van der Waals surface area contributed by atoms with E-state index in [1.54, 1.807) is 7.11 Å². The topological polar surface area (TPSA) is 12.5 Å². The molecule has 0 amide bonds. The van der Waals surface area contributed by atoms with Crippen LogP contribution in [0.4, 0.5) is 5.69 Å². The Bertz CT molecular complexity index is 791. The van der Waals surface area contributed by atoms with Gasteiger partial charge in [0.1, 0.15) is 5.75 Å². The third kappa shape index (κ3) is 3.31. The van der Waals surface area contributed by atoms with Crippen LogP contribution >= 0.6 is 0 Å². The Labute approximate surface area is 138 Å². The number of hydrogen-bond acceptors (Lipinski definition) is 2. The first-order chi connectivity index (χ1) is 11.2. The smallest absolute Gasteiger partial charge is 0.126 e. The van der Waals surface area contributed by atoms with Crippen LogP contribution < -0.4 is 9.64 Å². The van der Waals surface area contributed by atoms with Crippen LogP contribution in [0.2, 0.25) is 0 Å². The average Bonchev–Trinajstić information content (AvgIpc) is 2.60. The van der Waals surface area contributed by atoms with Crippen molar-refractivity contribution in [1.82, 2.24) is 0 Å². The molecule has 2 nitrogen and oxygen atoms in total. The van der Waals surface area contributed by atoms with E-state index >= 15 is 0 Å². The van der Waals surface area contributed by atoms with Crippen molar-refractivity contribution in [3.8, 4) is 5.75 Å². The standard InChI is InChI=1S/C21H23NO/c1-22(2)18-13-9-16(10-14-18)8-11-17-12-15-21(23-3)20-7-5-4-6-19(17)20/h4-7,9-10,12-15H,8,11H2,1-3H3. The summed E-state index contributed by atoms with van der Waals surface area (Å²) < 4.78 is 5.48. The Morgan fingerprint density at radius 1 is 0.783 bits per heavy atom. The van der Waals surface area contributed by atoms with Gasteiger partial charge in [0.05, 0.1) is 7.11 Å². The van der Waals surface area contributed by atoms with Crippen LogP contribution in [0.1, 0.15) is 11.1 Å². The molecule has 0 saturated carbocycles. The van der Waals surface area contributed by atoms with Gasteiger partial charge in [-0.1, -0.05) is 42.5 Å². The zero-order valence-corrected chi connectivity index (χ0v) is 14.0. The van der Waals surface area contributed by atoms with Crippen LogP contribution in [0.3, 0.4) is 0 Å². The first kappa shape index (κ1) is 15.4. The number of hydrogen-bond donors (Lipinski definition) is 0. The predicted octanol–water partition coefficient (Wildman–Crippen LogP) is 4.70. The van der Waals surface area contributed by atoms with E-state index < -0.39 is 0 Å². The van der Waals surface area contributed by atoms with E-state index in [0.29, 0.717) is 0 Å². The van der Waals surface area contributed by atoms with Gasteiger partial charge in [0, 0.05) is 25.2 Å². The summed E-state index contributed by atoms with van der Waals surface area (Å²) in [5, 5.41) is 2.48. The van der Waals surface area contributed by atoms with E-state index in [1.165, 1.54) is 27.6 Å². The first-order valence-electron chi connectivity index (χ1n) is 8.00. The SMILES string of the molecule is COc1ccc(CCc2ccc(N(C)C)cc2)c2ccccc12. The molecule has 3 aromatic rings. The van der Waals surface area contributed by atoms with Crippen LogP contribution in [0, 0.1) is 0 Å². The van der Waals surface area contributed by atoms with Gasteiger partial charge in [0.25, 0.3) is 0 Å². The van der Waals surface area contributed by atoms with Crippen LogP contribution in [-0.2, 0) is 12.8 Å². The number of rotatable bonds is 5. The minimum Gasteiger partial charge on any atom is -0.496 e. The van der Waals surface area contributed by atoms with E-state index in [2.05, 4.69) is 79.7 Å². The second-order valence-electron chi connectivity index (χ2n) is 6.03. The summed E-state index contributed by atoms with van der Waals surface area (Å²) >= 11 is 0. The van der Waals surface area contributed by atoms with Gasteiger partial charge in [-0.15, -0.1) is 0 Å². The second-order valence-corrected chi connectivity index (χ2v) is 6.03. The Kier molecular flexibility index (Phi) is 4.52. The number of aryl methyl sites for hydroxylation is 2. The largest absolute Gasteiger partial charge is 0.496 e. The van der Waals surface area contributed by atoms with Crippen molar-refractivity contribution in [2.75, 3.05) is 26.1 Å². The van der Waals surface area contributed by atoms with Crippen molar-refractivity contribution in [1.29, 1.82) is 0 Å². The molecule has 0 aliphatic heterocycles. The molecule has 0 radical (unpaired) electrons. The maximum Gasteiger partial charge on any atom is 0.126 e. The number of anilines is 1. The van der Waals surface area contributed by atoms with E-state index in [1.807, 2.05) is 0 Å². The molecular weight excluding hydrogens is 282 g/mol. The van der Waals surface area contributed by atoms with Crippen molar-refractivity contribution in [3.63, 3.8) is 0 Å². The lowest BCUT2D eigenvalue weighted by Gasteiger charge is -2.13. The number of fused-ring (bicyclic) bond motifs is 1. The van der Waals surface area contributed by atoms with Crippen LogP contribution in [0.25, 0.3) is 10.8 Å². The molecule has 0 unspecified atom stereocenters. The Morgan fingerprint density at radius 2 is 1.48 bits per heavy atom. The zero-order valence-electron chi connectivity index (χ0n) is 14.0. The fourth-order valence-electron chi connectivity index (χ4n) is 2.97. The highest BCUT2D eigenvalue weighted by atomic mass is 16.5. The molecule has 0 heterocycles. The van der Waals surface area contributed by atoms with Gasteiger partial charge >= 0.3 is 0 Å². The van der Waals surface area contributed by atoms with Gasteiger partial charge in [-0.3, -0.25) is 0 Å². The summed E-state index contributed by atoms with van der Waals surface area (Å²) in [6.07, 6.45) is 2.08. The van der Waals surface area contributed by atoms with Crippen molar-refractivity contribution >= 4 is 16.5 Å². The van der Waals surface area contributed by atoms with Gasteiger partial charge < -0.3 is 9.64 Å². The van der Waals surface area contributed by atoms with Crippen LogP contribution in [-0.4, -0.2) is 21.2 Å². The second kappa shape index (κ2) is 6.74. The molecule has 118 valence electrons. The van der Waals surface area contributed by atoms with Gasteiger partial charge in [-0.2, -0.15) is 0 Å². The molecule has 3 aromatic carbocycles. The highest BCUT2D eigenvalue weighted by Gasteiger charge is 2.06. The minimum atomic E-state index is 0.944. The number of benzene rings is 3. The molecule has 0 aliphatic rings. The zero-order chi connectivity index (χ0) is 16.2. The van der Waals surface area contributed by atoms with Crippen molar-refractivity contribution < 1.29 is 4.74 Å². The van der Waals surface area contributed by atoms with Crippen LogP contribution in [0.15, 0.2) is 60.7 Å². The maximum absolute atomic E-state index is 5.48. The molecule has 23 heavy (non-hydrogen) atoms. The van der Waals surface area contributed by atoms with E-state index in [9.17, 15) is 0 Å². The molecule has 0 spiro atoms. The number of ether oxygens (including phenoxy) is 1. The summed E-state index contributed by atoms with van der Waals surface area (Å²) in [5.74, 6) is 0.944. The summed E-state index contributed by atoms with van der Waals surface area (Å²) in [6, 6.07) is 21.5. The van der Waals surface area contributed by atoms with E-state index in [4.69, 9.17) is 4.74 Å². The molecule has 0 saturated heterocycles. The first-order valence-corrected chi connectivity index (χ1v) is 8.00. The third-order valence-corrected chi connectivity index (χ3v) is 4.33. The van der Waals surface area contributed by atoms with Crippen molar-refractivity contribution in [2.24, 2.45) is 0 Å². The summed E-state index contributed by atoms with van der Waals surface area (Å²) in [6.45, 7) is 0. The quantitative estimate of drug-likeness (QED) is 0.677. The Morgan fingerprint density at radius 3 is 2.13 bits per heavy atom. The van der Waals surface area contributed by atoms with E-state index in [-0.39, 0.29) is 0 Å². The molecule has 0 N–H and O–H groups in total. The predicted molar refractivity (Wildman–Crippen MR) is 98.7 cm³/mol. The number of nitrogens with zero attached hydrogens (tertiary/aromatic N) is 1. The average molecular weight is 305 g/mol. The van der Waals surface area contributed by atoms with Gasteiger partial charge in [0.15, 0.2) is 0 Å². The number of methoxy groups -OCH3 is 1.